The van der Waals surface area contributed by atoms with Crippen LogP contribution in [0, 0.1) is 11.7 Å². The second-order valence-electron chi connectivity index (χ2n) is 6.56. The molecular formula is C20H23ClFNO. The predicted octanol–water partition coefficient (Wildman–Crippen LogP) is 4.47. The molecule has 2 aromatic rings. The first kappa shape index (κ1) is 17.4. The maximum absolute atomic E-state index is 13.0. The first-order valence-corrected chi connectivity index (χ1v) is 8.88. The molecule has 1 aliphatic rings. The molecule has 1 heterocycles. The highest BCUT2D eigenvalue weighted by atomic mass is 35.5. The zero-order chi connectivity index (χ0) is 16.9. The maximum Gasteiger partial charge on any atom is 0.123 e. The Bertz CT molecular complexity index is 636. The van der Waals surface area contributed by atoms with Gasteiger partial charge in [-0.15, -0.1) is 0 Å². The molecular weight excluding hydrogens is 325 g/mol. The van der Waals surface area contributed by atoms with Gasteiger partial charge in [0, 0.05) is 5.02 Å². The summed E-state index contributed by atoms with van der Waals surface area (Å²) in [6.45, 7) is 2.06. The molecule has 2 nitrogen and oxygen atoms in total. The SMILES string of the molecule is OCC(c1ccc(Cl)cc1)N1CCC(Cc2ccc(F)cc2)CC1. The van der Waals surface area contributed by atoms with Crippen molar-refractivity contribution < 1.29 is 9.50 Å². The number of benzene rings is 2. The highest BCUT2D eigenvalue weighted by Crippen LogP contribution is 2.29. The van der Waals surface area contributed by atoms with Crippen LogP contribution in [0.1, 0.15) is 30.0 Å². The van der Waals surface area contributed by atoms with Crippen LogP contribution < -0.4 is 0 Å². The first-order valence-electron chi connectivity index (χ1n) is 8.50. The molecule has 1 aliphatic heterocycles. The van der Waals surface area contributed by atoms with E-state index >= 15 is 0 Å². The van der Waals surface area contributed by atoms with Crippen LogP contribution >= 0.6 is 11.6 Å². The van der Waals surface area contributed by atoms with Gasteiger partial charge in [-0.25, -0.2) is 4.39 Å². The number of aliphatic hydroxyl groups excluding tert-OH is 1. The minimum atomic E-state index is -0.178. The van der Waals surface area contributed by atoms with Crippen molar-refractivity contribution in [1.82, 2.24) is 4.90 Å². The van der Waals surface area contributed by atoms with E-state index in [1.54, 1.807) is 0 Å². The highest BCUT2D eigenvalue weighted by Gasteiger charge is 2.25. The lowest BCUT2D eigenvalue weighted by atomic mass is 9.89. The van der Waals surface area contributed by atoms with Gasteiger partial charge < -0.3 is 5.11 Å². The van der Waals surface area contributed by atoms with Crippen molar-refractivity contribution in [3.63, 3.8) is 0 Å². The summed E-state index contributed by atoms with van der Waals surface area (Å²) in [5.41, 5.74) is 2.31. The van der Waals surface area contributed by atoms with E-state index in [1.165, 1.54) is 17.7 Å². The zero-order valence-electron chi connectivity index (χ0n) is 13.7. The standard InChI is InChI=1S/C20H23ClFNO/c21-18-5-3-17(4-6-18)20(14-24)23-11-9-16(10-12-23)13-15-1-7-19(22)8-2-15/h1-8,16,20,24H,9-14H2. The van der Waals surface area contributed by atoms with E-state index in [1.807, 2.05) is 36.4 Å². The third-order valence-electron chi connectivity index (χ3n) is 4.96. The molecule has 0 aromatic heterocycles. The summed E-state index contributed by atoms with van der Waals surface area (Å²) < 4.78 is 13.0. The van der Waals surface area contributed by atoms with Gasteiger partial charge in [0.15, 0.2) is 0 Å². The number of likely N-dealkylation sites (tertiary alicyclic amines) is 1. The van der Waals surface area contributed by atoms with Crippen molar-refractivity contribution >= 4 is 11.6 Å². The Morgan fingerprint density at radius 1 is 1.04 bits per heavy atom. The lowest BCUT2D eigenvalue weighted by molar-refractivity contribution is 0.0864. The van der Waals surface area contributed by atoms with Crippen LogP contribution in [0.15, 0.2) is 48.5 Å². The van der Waals surface area contributed by atoms with Crippen molar-refractivity contribution in [2.75, 3.05) is 19.7 Å². The second-order valence-corrected chi connectivity index (χ2v) is 7.00. The largest absolute Gasteiger partial charge is 0.394 e. The fourth-order valence-corrected chi connectivity index (χ4v) is 3.67. The van der Waals surface area contributed by atoms with Gasteiger partial charge in [0.1, 0.15) is 5.82 Å². The lowest BCUT2D eigenvalue weighted by Gasteiger charge is -2.37. The molecule has 3 rings (SSSR count). The van der Waals surface area contributed by atoms with E-state index in [4.69, 9.17) is 11.6 Å². The second kappa shape index (κ2) is 8.11. The predicted molar refractivity (Wildman–Crippen MR) is 95.7 cm³/mol. The van der Waals surface area contributed by atoms with Crippen LogP contribution in [0.25, 0.3) is 0 Å². The Balaban J connectivity index is 1.57. The Morgan fingerprint density at radius 2 is 1.67 bits per heavy atom. The number of halogens is 2. The number of hydrogen-bond acceptors (Lipinski definition) is 2. The molecule has 0 bridgehead atoms. The molecule has 1 fully saturated rings. The Kier molecular flexibility index (Phi) is 5.88. The van der Waals surface area contributed by atoms with E-state index in [0.717, 1.165) is 37.9 Å². The molecule has 0 amide bonds. The van der Waals surface area contributed by atoms with Crippen LogP contribution in [0.4, 0.5) is 4.39 Å². The van der Waals surface area contributed by atoms with E-state index in [0.29, 0.717) is 10.9 Å². The average molecular weight is 348 g/mol. The summed E-state index contributed by atoms with van der Waals surface area (Å²) in [6, 6.07) is 14.6. The van der Waals surface area contributed by atoms with Crippen LogP contribution in [0.5, 0.6) is 0 Å². The molecule has 0 aliphatic carbocycles. The van der Waals surface area contributed by atoms with Crippen molar-refractivity contribution in [2.24, 2.45) is 5.92 Å². The molecule has 128 valence electrons. The third-order valence-corrected chi connectivity index (χ3v) is 5.21. The van der Waals surface area contributed by atoms with Crippen molar-refractivity contribution in [1.29, 1.82) is 0 Å². The number of nitrogens with zero attached hydrogens (tertiary/aromatic N) is 1. The average Bonchev–Trinajstić information content (AvgIpc) is 2.61. The fourth-order valence-electron chi connectivity index (χ4n) is 3.54. The normalized spacial score (nSPS) is 17.8. The molecule has 0 spiro atoms. The van der Waals surface area contributed by atoms with Crippen LogP contribution in [-0.4, -0.2) is 29.7 Å². The van der Waals surface area contributed by atoms with Gasteiger partial charge in [0.25, 0.3) is 0 Å². The highest BCUT2D eigenvalue weighted by molar-refractivity contribution is 6.30. The number of piperidine rings is 1. The fraction of sp³-hybridized carbons (Fsp3) is 0.400. The van der Waals surface area contributed by atoms with Gasteiger partial charge in [-0.1, -0.05) is 35.9 Å². The number of rotatable bonds is 5. The lowest BCUT2D eigenvalue weighted by Crippen LogP contribution is -2.38. The molecule has 1 atom stereocenters. The molecule has 4 heteroatoms. The first-order chi connectivity index (χ1) is 11.7. The van der Waals surface area contributed by atoms with Crippen LogP contribution in [-0.2, 0) is 6.42 Å². The van der Waals surface area contributed by atoms with Crippen LogP contribution in [0.2, 0.25) is 5.02 Å². The zero-order valence-corrected chi connectivity index (χ0v) is 14.4. The summed E-state index contributed by atoms with van der Waals surface area (Å²) >= 11 is 5.95. The summed E-state index contributed by atoms with van der Waals surface area (Å²) in [5.74, 6) is 0.443. The van der Waals surface area contributed by atoms with Crippen LogP contribution in [0.3, 0.4) is 0 Å². The molecule has 1 N–H and O–H groups in total. The summed E-state index contributed by atoms with van der Waals surface area (Å²) in [7, 11) is 0. The summed E-state index contributed by atoms with van der Waals surface area (Å²) in [6.07, 6.45) is 3.20. The van der Waals surface area contributed by atoms with Gasteiger partial charge in [-0.2, -0.15) is 0 Å². The third kappa shape index (κ3) is 4.35. The quantitative estimate of drug-likeness (QED) is 0.862. The summed E-state index contributed by atoms with van der Waals surface area (Å²) in [4.78, 5) is 2.35. The van der Waals surface area contributed by atoms with E-state index in [9.17, 15) is 9.50 Å². The van der Waals surface area contributed by atoms with Crippen molar-refractivity contribution in [3.8, 4) is 0 Å². The Morgan fingerprint density at radius 3 is 2.25 bits per heavy atom. The Hall–Kier alpha value is -1.42. The van der Waals surface area contributed by atoms with Crippen molar-refractivity contribution in [2.45, 2.75) is 25.3 Å². The molecule has 0 saturated carbocycles. The molecule has 24 heavy (non-hydrogen) atoms. The van der Waals surface area contributed by atoms with E-state index < -0.39 is 0 Å². The minimum absolute atomic E-state index is 0.0361. The molecule has 0 radical (unpaired) electrons. The summed E-state index contributed by atoms with van der Waals surface area (Å²) in [5, 5.41) is 10.5. The minimum Gasteiger partial charge on any atom is -0.394 e. The van der Waals surface area contributed by atoms with E-state index in [-0.39, 0.29) is 18.5 Å². The maximum atomic E-state index is 13.0. The smallest absolute Gasteiger partial charge is 0.123 e. The van der Waals surface area contributed by atoms with Gasteiger partial charge in [-0.3, -0.25) is 4.90 Å². The van der Waals surface area contributed by atoms with Gasteiger partial charge in [0.05, 0.1) is 12.6 Å². The van der Waals surface area contributed by atoms with Gasteiger partial charge >= 0.3 is 0 Å². The topological polar surface area (TPSA) is 23.5 Å². The van der Waals surface area contributed by atoms with Crippen molar-refractivity contribution in [3.05, 3.63) is 70.5 Å². The molecule has 1 unspecified atom stereocenters. The molecule has 1 saturated heterocycles. The number of aliphatic hydroxyl groups is 1. The monoisotopic (exact) mass is 347 g/mol. The number of hydrogen-bond donors (Lipinski definition) is 1. The van der Waals surface area contributed by atoms with Gasteiger partial charge in [0.2, 0.25) is 0 Å². The van der Waals surface area contributed by atoms with E-state index in [2.05, 4.69) is 4.90 Å². The Labute approximate surface area is 147 Å². The molecule has 2 aromatic carbocycles. The van der Waals surface area contributed by atoms with Gasteiger partial charge in [-0.05, 0) is 73.7 Å².